The van der Waals surface area contributed by atoms with Crippen molar-refractivity contribution < 1.29 is 18.8 Å². The van der Waals surface area contributed by atoms with E-state index in [1.54, 1.807) is 6.92 Å². The van der Waals surface area contributed by atoms with Gasteiger partial charge in [0, 0.05) is 13.0 Å². The third-order valence-corrected chi connectivity index (χ3v) is 4.75. The summed E-state index contributed by atoms with van der Waals surface area (Å²) in [5, 5.41) is 2.75. The van der Waals surface area contributed by atoms with Crippen LogP contribution in [-0.2, 0) is 14.4 Å². The summed E-state index contributed by atoms with van der Waals surface area (Å²) in [5.74, 6) is -0.539. The van der Waals surface area contributed by atoms with Gasteiger partial charge in [0.05, 0.1) is 0 Å². The molecule has 22 heavy (non-hydrogen) atoms. The van der Waals surface area contributed by atoms with Gasteiger partial charge >= 0.3 is 6.04 Å². The lowest BCUT2D eigenvalue weighted by Crippen LogP contribution is -2.54. The van der Waals surface area contributed by atoms with Crippen LogP contribution >= 0.6 is 0 Å². The first-order valence-electron chi connectivity index (χ1n) is 8.14. The number of amides is 2. The molecule has 1 N–H and O–H groups in total. The van der Waals surface area contributed by atoms with Gasteiger partial charge in [0.15, 0.2) is 0 Å². The van der Waals surface area contributed by atoms with E-state index in [0.29, 0.717) is 19.4 Å². The average molecular weight is 311 g/mol. The van der Waals surface area contributed by atoms with E-state index in [9.17, 15) is 18.8 Å². The first kappa shape index (κ1) is 16.9. The maximum Gasteiger partial charge on any atom is 0.323 e. The molecule has 1 aliphatic carbocycles. The Balaban J connectivity index is 2.13. The topological polar surface area (TPSA) is 66.5 Å². The van der Waals surface area contributed by atoms with Crippen LogP contribution in [-0.4, -0.2) is 41.4 Å². The maximum absolute atomic E-state index is 13.1. The number of carbonyl (C=O) groups is 3. The molecule has 5 nitrogen and oxygen atoms in total. The molecule has 0 bridgehead atoms. The third-order valence-electron chi connectivity index (χ3n) is 4.75. The normalized spacial score (nSPS) is 24.1. The Kier molecular flexibility index (Phi) is 5.91. The van der Waals surface area contributed by atoms with Crippen LogP contribution in [0.25, 0.3) is 0 Å². The molecular weight excluding hydrogens is 287 g/mol. The number of hydrogen-bond donors (Lipinski definition) is 1. The summed E-state index contributed by atoms with van der Waals surface area (Å²) in [4.78, 5) is 36.9. The summed E-state index contributed by atoms with van der Waals surface area (Å²) >= 11 is 0. The van der Waals surface area contributed by atoms with E-state index in [1.807, 2.05) is 0 Å². The Morgan fingerprint density at radius 3 is 2.41 bits per heavy atom. The average Bonchev–Trinajstić information content (AvgIpc) is 3.02. The molecule has 123 valence electrons. The molecule has 2 rings (SSSR count). The lowest BCUT2D eigenvalue weighted by molar-refractivity contribution is -0.145. The van der Waals surface area contributed by atoms with Crippen molar-refractivity contribution in [3.63, 3.8) is 0 Å². The van der Waals surface area contributed by atoms with Crippen LogP contribution in [0.3, 0.4) is 0 Å². The number of nitrogens with one attached hydrogen (secondary N) is 1. The molecule has 2 amide bonds. The molecule has 2 aliphatic rings. The zero-order valence-electron chi connectivity index (χ0n) is 13.0. The highest BCUT2D eigenvalue weighted by Gasteiger charge is 2.40. The molecule has 1 saturated heterocycles. The summed E-state index contributed by atoms with van der Waals surface area (Å²) in [6.45, 7) is 2.00. The van der Waals surface area contributed by atoms with Crippen LogP contribution in [0.1, 0.15) is 51.9 Å². The standard InChI is InChI=1S/C16H24FN2O3/c1-2-13(20)18-14(11-7-4-3-5-8-11)16(22)19-10-6-9-12(19)15(17)21/h2,11-12,14H,3-10H2,1H3,(H,18,20)/t12-,14-/m0/s1. The van der Waals surface area contributed by atoms with Crippen molar-refractivity contribution in [3.8, 4) is 0 Å². The van der Waals surface area contributed by atoms with Gasteiger partial charge < -0.3 is 10.2 Å². The van der Waals surface area contributed by atoms with Crippen molar-refractivity contribution in [2.75, 3.05) is 6.54 Å². The number of nitrogens with zero attached hydrogens (tertiary/aromatic N) is 1. The molecule has 0 unspecified atom stereocenters. The van der Waals surface area contributed by atoms with Crippen molar-refractivity contribution in [2.45, 2.75) is 64.0 Å². The predicted molar refractivity (Wildman–Crippen MR) is 79.3 cm³/mol. The van der Waals surface area contributed by atoms with E-state index < -0.39 is 18.1 Å². The van der Waals surface area contributed by atoms with Crippen molar-refractivity contribution in [1.82, 2.24) is 10.2 Å². The highest BCUT2D eigenvalue weighted by atomic mass is 19.1. The summed E-state index contributed by atoms with van der Waals surface area (Å²) < 4.78 is 13.1. The SMILES string of the molecule is C[CH]C(=O)N[C@H](C(=O)N1CCC[C@H]1C(=O)F)C1CCCCC1. The minimum atomic E-state index is -1.46. The number of likely N-dealkylation sites (tertiary alicyclic amines) is 1. The van der Waals surface area contributed by atoms with Crippen LogP contribution < -0.4 is 5.32 Å². The Bertz CT molecular complexity index is 435. The molecule has 1 saturated carbocycles. The number of halogens is 1. The van der Waals surface area contributed by atoms with Crippen LogP contribution in [0.2, 0.25) is 0 Å². The van der Waals surface area contributed by atoms with Gasteiger partial charge in [-0.3, -0.25) is 14.4 Å². The second-order valence-electron chi connectivity index (χ2n) is 6.17. The largest absolute Gasteiger partial charge is 0.344 e. The van der Waals surface area contributed by atoms with Crippen molar-refractivity contribution in [2.24, 2.45) is 5.92 Å². The van der Waals surface area contributed by atoms with E-state index in [1.165, 1.54) is 11.3 Å². The summed E-state index contributed by atoms with van der Waals surface area (Å²) in [6.07, 6.45) is 7.33. The van der Waals surface area contributed by atoms with Gasteiger partial charge in [-0.2, -0.15) is 4.39 Å². The van der Waals surface area contributed by atoms with Gasteiger partial charge in [-0.15, -0.1) is 0 Å². The third kappa shape index (κ3) is 3.84. The first-order chi connectivity index (χ1) is 10.5. The van der Waals surface area contributed by atoms with Gasteiger partial charge in [-0.1, -0.05) is 26.2 Å². The number of rotatable bonds is 5. The zero-order chi connectivity index (χ0) is 16.1. The summed E-state index contributed by atoms with van der Waals surface area (Å²) in [6, 6.07) is -3.08. The molecule has 1 aliphatic heterocycles. The highest BCUT2D eigenvalue weighted by Crippen LogP contribution is 2.29. The van der Waals surface area contributed by atoms with Gasteiger partial charge in [-0.25, -0.2) is 0 Å². The van der Waals surface area contributed by atoms with Gasteiger partial charge in [0.2, 0.25) is 11.8 Å². The molecule has 0 aromatic carbocycles. The van der Waals surface area contributed by atoms with Gasteiger partial charge in [-0.05, 0) is 31.6 Å². The van der Waals surface area contributed by atoms with Crippen molar-refractivity contribution in [1.29, 1.82) is 0 Å². The molecule has 0 spiro atoms. The van der Waals surface area contributed by atoms with E-state index >= 15 is 0 Å². The molecular formula is C16H24FN2O3. The van der Waals surface area contributed by atoms with E-state index in [-0.39, 0.29) is 17.7 Å². The van der Waals surface area contributed by atoms with Crippen LogP contribution in [0, 0.1) is 12.3 Å². The first-order valence-corrected chi connectivity index (χ1v) is 8.14. The molecule has 1 radical (unpaired) electrons. The minimum absolute atomic E-state index is 0.0705. The van der Waals surface area contributed by atoms with Crippen LogP contribution in [0.15, 0.2) is 0 Å². The fraction of sp³-hybridized carbons (Fsp3) is 0.750. The quantitative estimate of drug-likeness (QED) is 0.787. The monoisotopic (exact) mass is 311 g/mol. The fourth-order valence-electron chi connectivity index (χ4n) is 3.53. The van der Waals surface area contributed by atoms with Crippen LogP contribution in [0.4, 0.5) is 4.39 Å². The van der Waals surface area contributed by atoms with E-state index in [2.05, 4.69) is 5.32 Å². The van der Waals surface area contributed by atoms with Gasteiger partial charge in [0.1, 0.15) is 12.1 Å². The lowest BCUT2D eigenvalue weighted by Gasteiger charge is -2.34. The van der Waals surface area contributed by atoms with Crippen LogP contribution in [0.5, 0.6) is 0 Å². The Morgan fingerprint density at radius 1 is 1.14 bits per heavy atom. The molecule has 0 aromatic heterocycles. The molecule has 1 heterocycles. The Hall–Kier alpha value is -1.46. The Morgan fingerprint density at radius 2 is 1.82 bits per heavy atom. The molecule has 6 heteroatoms. The highest BCUT2D eigenvalue weighted by molar-refractivity contribution is 5.93. The van der Waals surface area contributed by atoms with Crippen molar-refractivity contribution in [3.05, 3.63) is 6.42 Å². The van der Waals surface area contributed by atoms with Gasteiger partial charge in [0.25, 0.3) is 0 Å². The lowest BCUT2D eigenvalue weighted by atomic mass is 9.83. The van der Waals surface area contributed by atoms with E-state index in [0.717, 1.165) is 32.1 Å². The second-order valence-corrected chi connectivity index (χ2v) is 6.17. The second kappa shape index (κ2) is 7.70. The number of carbonyl (C=O) groups excluding carboxylic acids is 3. The molecule has 2 atom stereocenters. The molecule has 2 fully saturated rings. The fourth-order valence-corrected chi connectivity index (χ4v) is 3.53. The predicted octanol–water partition coefficient (Wildman–Crippen LogP) is 1.76. The van der Waals surface area contributed by atoms with Crippen molar-refractivity contribution >= 4 is 17.9 Å². The molecule has 0 aromatic rings. The summed E-state index contributed by atoms with van der Waals surface area (Å²) in [7, 11) is 0. The maximum atomic E-state index is 13.1. The smallest absolute Gasteiger partial charge is 0.323 e. The Labute approximate surface area is 130 Å². The van der Waals surface area contributed by atoms with E-state index in [4.69, 9.17) is 0 Å². The summed E-state index contributed by atoms with van der Waals surface area (Å²) in [5.41, 5.74) is 0. The zero-order valence-corrected chi connectivity index (χ0v) is 13.0. The number of hydrogen-bond acceptors (Lipinski definition) is 3. The minimum Gasteiger partial charge on any atom is -0.344 e.